The molecule has 0 atom stereocenters. The van der Waals surface area contributed by atoms with Gasteiger partial charge in [-0.15, -0.1) is 0 Å². The molecule has 0 aliphatic rings. The van der Waals surface area contributed by atoms with Crippen LogP contribution in [0, 0.1) is 10.1 Å². The fourth-order valence-corrected chi connectivity index (χ4v) is 2.79. The summed E-state index contributed by atoms with van der Waals surface area (Å²) in [6, 6.07) is 1.99. The zero-order chi connectivity index (χ0) is 15.4. The molecule has 1 aromatic rings. The summed E-state index contributed by atoms with van der Waals surface area (Å²) in [6.45, 7) is 0.433. The van der Waals surface area contributed by atoms with Crippen LogP contribution in [0.25, 0.3) is 0 Å². The van der Waals surface area contributed by atoms with E-state index in [0.717, 1.165) is 18.3 Å². The highest BCUT2D eigenvalue weighted by molar-refractivity contribution is 7.89. The maximum atomic E-state index is 12.1. The number of nitrogens with one attached hydrogen (secondary N) is 1. The molecule has 0 amide bonds. The molecule has 0 saturated heterocycles. The summed E-state index contributed by atoms with van der Waals surface area (Å²) >= 11 is 0. The van der Waals surface area contributed by atoms with Crippen LogP contribution in [0.15, 0.2) is 23.2 Å². The average molecular weight is 305 g/mol. The molecular formula is C10H15N3O6S. The van der Waals surface area contributed by atoms with E-state index < -0.39 is 39.5 Å². The molecule has 1 rings (SSSR count). The molecule has 0 unspecified atom stereocenters. The molecule has 0 spiro atoms. The highest BCUT2D eigenvalue weighted by Gasteiger charge is 2.33. The van der Waals surface area contributed by atoms with Crippen LogP contribution in [0.5, 0.6) is 0 Å². The first-order valence-electron chi connectivity index (χ1n) is 5.66. The normalized spacial score (nSPS) is 12.3. The Morgan fingerprint density at radius 2 is 2.00 bits per heavy atom. The van der Waals surface area contributed by atoms with Crippen LogP contribution in [-0.2, 0) is 10.0 Å². The van der Waals surface area contributed by atoms with Gasteiger partial charge < -0.3 is 20.3 Å². The van der Waals surface area contributed by atoms with Crippen LogP contribution in [-0.4, -0.2) is 47.3 Å². The first-order valence-corrected chi connectivity index (χ1v) is 7.14. The Kier molecular flexibility index (Phi) is 5.11. The molecule has 1 heterocycles. The van der Waals surface area contributed by atoms with Gasteiger partial charge >= 0.3 is 5.82 Å². The Labute approximate surface area is 115 Å². The smallest absolute Gasteiger partial charge is 0.363 e. The summed E-state index contributed by atoms with van der Waals surface area (Å²) in [4.78, 5) is 12.8. The lowest BCUT2D eigenvalue weighted by Crippen LogP contribution is -2.53. The van der Waals surface area contributed by atoms with Crippen LogP contribution in [0.2, 0.25) is 0 Å². The average Bonchev–Trinajstić information content (AvgIpc) is 2.45. The van der Waals surface area contributed by atoms with Gasteiger partial charge in [-0.25, -0.2) is 13.1 Å². The third kappa shape index (κ3) is 3.48. The highest BCUT2D eigenvalue weighted by atomic mass is 32.2. The lowest BCUT2D eigenvalue weighted by Gasteiger charge is -2.28. The largest absolute Gasteiger partial charge is 0.394 e. The lowest BCUT2D eigenvalue weighted by molar-refractivity contribution is -0.389. The van der Waals surface area contributed by atoms with Gasteiger partial charge in [0.2, 0.25) is 10.0 Å². The van der Waals surface area contributed by atoms with Crippen molar-refractivity contribution in [3.8, 4) is 0 Å². The van der Waals surface area contributed by atoms with Gasteiger partial charge in [-0.05, 0) is 22.4 Å². The number of rotatable bonds is 7. The molecule has 112 valence electrons. The van der Waals surface area contributed by atoms with E-state index >= 15 is 0 Å². The van der Waals surface area contributed by atoms with Crippen LogP contribution in [0.1, 0.15) is 13.3 Å². The predicted molar refractivity (Wildman–Crippen MR) is 68.4 cm³/mol. The van der Waals surface area contributed by atoms with E-state index in [1.54, 1.807) is 6.92 Å². The molecule has 3 N–H and O–H groups in total. The Bertz CT molecular complexity index is 559. The van der Waals surface area contributed by atoms with Gasteiger partial charge in [0, 0.05) is 6.07 Å². The van der Waals surface area contributed by atoms with E-state index in [4.69, 9.17) is 0 Å². The molecular weight excluding hydrogens is 290 g/mol. The molecule has 0 bridgehead atoms. The number of aliphatic hydroxyl groups is 2. The van der Waals surface area contributed by atoms with Crippen molar-refractivity contribution in [1.29, 1.82) is 0 Å². The number of hydrogen-bond donors (Lipinski definition) is 3. The maximum absolute atomic E-state index is 12.1. The number of hydrogen-bond acceptors (Lipinski definition) is 7. The van der Waals surface area contributed by atoms with E-state index in [1.165, 1.54) is 0 Å². The monoisotopic (exact) mass is 305 g/mol. The van der Waals surface area contributed by atoms with Gasteiger partial charge in [-0.2, -0.15) is 0 Å². The van der Waals surface area contributed by atoms with Crippen molar-refractivity contribution < 1.29 is 23.6 Å². The number of aromatic nitrogens is 1. The van der Waals surface area contributed by atoms with Gasteiger partial charge in [0.1, 0.15) is 4.90 Å². The van der Waals surface area contributed by atoms with E-state index in [-0.39, 0.29) is 11.3 Å². The fourth-order valence-electron chi connectivity index (χ4n) is 1.39. The van der Waals surface area contributed by atoms with Gasteiger partial charge in [-0.3, -0.25) is 0 Å². The Balaban J connectivity index is 3.07. The number of nitrogens with zero attached hydrogens (tertiary/aromatic N) is 2. The molecule has 0 radical (unpaired) electrons. The van der Waals surface area contributed by atoms with Crippen molar-refractivity contribution in [2.75, 3.05) is 13.2 Å². The minimum Gasteiger partial charge on any atom is -0.394 e. The van der Waals surface area contributed by atoms with E-state index in [9.17, 15) is 28.7 Å². The molecule has 0 saturated carbocycles. The van der Waals surface area contributed by atoms with Crippen molar-refractivity contribution in [2.24, 2.45) is 0 Å². The van der Waals surface area contributed by atoms with Crippen molar-refractivity contribution >= 4 is 15.8 Å². The number of pyridine rings is 1. The minimum absolute atomic E-state index is 0.166. The summed E-state index contributed by atoms with van der Waals surface area (Å²) in [5.41, 5.74) is -1.39. The molecule has 20 heavy (non-hydrogen) atoms. The molecule has 0 fully saturated rings. The molecule has 0 aliphatic carbocycles. The topological polar surface area (TPSA) is 143 Å². The van der Waals surface area contributed by atoms with E-state index in [2.05, 4.69) is 9.71 Å². The SMILES string of the molecule is CCC(CO)(CO)NS(=O)(=O)c1ccc([N+](=O)[O-])nc1. The van der Waals surface area contributed by atoms with Gasteiger partial charge in [0.15, 0.2) is 6.20 Å². The molecule has 10 heteroatoms. The Hall–Kier alpha value is -1.62. The van der Waals surface area contributed by atoms with Crippen LogP contribution in [0.4, 0.5) is 5.82 Å². The van der Waals surface area contributed by atoms with Crippen LogP contribution >= 0.6 is 0 Å². The third-order valence-corrected chi connectivity index (χ3v) is 4.41. The van der Waals surface area contributed by atoms with Crippen molar-refractivity contribution in [2.45, 2.75) is 23.8 Å². The summed E-state index contributed by atoms with van der Waals surface area (Å²) in [7, 11) is -4.05. The Morgan fingerprint density at radius 3 is 2.35 bits per heavy atom. The summed E-state index contributed by atoms with van der Waals surface area (Å²) < 4.78 is 26.3. The molecule has 0 aliphatic heterocycles. The highest BCUT2D eigenvalue weighted by Crippen LogP contribution is 2.17. The summed E-state index contributed by atoms with van der Waals surface area (Å²) in [5.74, 6) is -0.477. The summed E-state index contributed by atoms with van der Waals surface area (Å²) in [6.07, 6.45) is 1.01. The van der Waals surface area contributed by atoms with Crippen LogP contribution < -0.4 is 4.72 Å². The number of aliphatic hydroxyl groups excluding tert-OH is 2. The second-order valence-corrected chi connectivity index (χ2v) is 5.85. The maximum Gasteiger partial charge on any atom is 0.363 e. The van der Waals surface area contributed by atoms with Gasteiger partial charge in [0.25, 0.3) is 0 Å². The zero-order valence-corrected chi connectivity index (χ0v) is 11.5. The molecule has 9 nitrogen and oxygen atoms in total. The number of nitro groups is 1. The molecule has 0 aromatic carbocycles. The first-order chi connectivity index (χ1) is 9.30. The summed E-state index contributed by atoms with van der Waals surface area (Å²) in [5, 5.41) is 28.9. The van der Waals surface area contributed by atoms with Gasteiger partial charge in [-0.1, -0.05) is 6.92 Å². The van der Waals surface area contributed by atoms with E-state index in [1.807, 2.05) is 0 Å². The molecule has 1 aromatic heterocycles. The minimum atomic E-state index is -4.05. The number of sulfonamides is 1. The first kappa shape index (κ1) is 16.4. The standard InChI is InChI=1S/C10H15N3O6S/c1-2-10(6-14,7-15)12-20(18,19)8-3-4-9(11-5-8)13(16)17/h3-5,12,14-15H,2,6-7H2,1H3. The van der Waals surface area contributed by atoms with Crippen molar-refractivity contribution in [3.05, 3.63) is 28.4 Å². The fraction of sp³-hybridized carbons (Fsp3) is 0.500. The zero-order valence-electron chi connectivity index (χ0n) is 10.7. The quantitative estimate of drug-likeness (QED) is 0.451. The lowest BCUT2D eigenvalue weighted by atomic mass is 10.0. The van der Waals surface area contributed by atoms with Crippen LogP contribution in [0.3, 0.4) is 0 Å². The van der Waals surface area contributed by atoms with Gasteiger partial charge in [0.05, 0.1) is 18.8 Å². The predicted octanol–water partition coefficient (Wildman–Crippen LogP) is -0.599. The van der Waals surface area contributed by atoms with Crippen molar-refractivity contribution in [1.82, 2.24) is 9.71 Å². The van der Waals surface area contributed by atoms with E-state index in [0.29, 0.717) is 0 Å². The Morgan fingerprint density at radius 1 is 1.40 bits per heavy atom. The third-order valence-electron chi connectivity index (χ3n) is 2.85. The second kappa shape index (κ2) is 6.22. The second-order valence-electron chi connectivity index (χ2n) is 4.16. The van der Waals surface area contributed by atoms with Crippen molar-refractivity contribution in [3.63, 3.8) is 0 Å².